The number of nitrogens with one attached hydrogen (secondary N) is 1. The number of benzene rings is 2. The zero-order valence-corrected chi connectivity index (χ0v) is 15.4. The number of nitro benzene ring substituents is 1. The lowest BCUT2D eigenvalue weighted by atomic mass is 10.1. The number of anilines is 1. The second kappa shape index (κ2) is 8.49. The van der Waals surface area contributed by atoms with Gasteiger partial charge in [0.05, 0.1) is 9.95 Å². The second-order valence-corrected chi connectivity index (χ2v) is 6.64. The van der Waals surface area contributed by atoms with Crippen LogP contribution in [-0.4, -0.2) is 17.4 Å². The Morgan fingerprint density at radius 1 is 1.20 bits per heavy atom. The van der Waals surface area contributed by atoms with E-state index < -0.39 is 4.92 Å². The van der Waals surface area contributed by atoms with E-state index >= 15 is 0 Å². The molecule has 6 nitrogen and oxygen atoms in total. The normalized spacial score (nSPS) is 11.8. The number of nitrogens with two attached hydrogens (primary N) is 1. The van der Waals surface area contributed by atoms with Gasteiger partial charge in [-0.15, -0.1) is 0 Å². The van der Waals surface area contributed by atoms with Crippen molar-refractivity contribution < 1.29 is 15.0 Å². The minimum absolute atomic E-state index is 0.0593. The van der Waals surface area contributed by atoms with Crippen LogP contribution in [0.15, 0.2) is 36.4 Å². The van der Waals surface area contributed by atoms with Crippen molar-refractivity contribution in [2.45, 2.75) is 13.0 Å². The summed E-state index contributed by atoms with van der Waals surface area (Å²) in [6.07, 6.45) is 0. The van der Waals surface area contributed by atoms with Crippen LogP contribution >= 0.6 is 34.8 Å². The van der Waals surface area contributed by atoms with Gasteiger partial charge in [-0.25, -0.2) is 0 Å². The Kier molecular flexibility index (Phi) is 6.61. The first kappa shape index (κ1) is 19.5. The Balaban J connectivity index is 2.01. The van der Waals surface area contributed by atoms with E-state index in [1.54, 1.807) is 23.5 Å². The third-order valence-corrected chi connectivity index (χ3v) is 4.34. The maximum Gasteiger partial charge on any atom is 0.292 e. The summed E-state index contributed by atoms with van der Waals surface area (Å²) in [5.41, 5.74) is 0.687. The van der Waals surface area contributed by atoms with Gasteiger partial charge in [-0.2, -0.15) is 0 Å². The third kappa shape index (κ3) is 5.31. The predicted molar refractivity (Wildman–Crippen MR) is 98.4 cm³/mol. The number of rotatable bonds is 6. The fraction of sp³-hybridized carbons (Fsp3) is 0.188. The standard InChI is InChI=1S/C16H14Cl3N3O3/c1-9(12-4-2-10(17)6-13(12)19)20-8-16(23)21-14-7-11(18)3-5-15(14)22(24)25/h2-7,9,20H,8H2,1H3,(H,21,23)/p+1/t9-/m0/s1. The number of nitrogens with zero attached hydrogens (tertiary/aromatic N) is 1. The number of hydrogen-bond acceptors (Lipinski definition) is 3. The zero-order valence-electron chi connectivity index (χ0n) is 13.1. The molecule has 3 N–H and O–H groups in total. The summed E-state index contributed by atoms with van der Waals surface area (Å²) in [5, 5.41) is 16.6. The van der Waals surface area contributed by atoms with Crippen molar-refractivity contribution in [2.75, 3.05) is 11.9 Å². The van der Waals surface area contributed by atoms with Crippen LogP contribution < -0.4 is 10.6 Å². The minimum Gasteiger partial charge on any atom is -0.332 e. The van der Waals surface area contributed by atoms with Crippen molar-refractivity contribution in [1.29, 1.82) is 0 Å². The van der Waals surface area contributed by atoms with Crippen molar-refractivity contribution in [1.82, 2.24) is 0 Å². The zero-order chi connectivity index (χ0) is 18.6. The molecule has 0 fully saturated rings. The largest absolute Gasteiger partial charge is 0.332 e. The van der Waals surface area contributed by atoms with Crippen LogP contribution in [0.5, 0.6) is 0 Å². The highest BCUT2D eigenvalue weighted by Gasteiger charge is 2.19. The molecule has 0 radical (unpaired) electrons. The molecule has 25 heavy (non-hydrogen) atoms. The number of carbonyl (C=O) groups is 1. The van der Waals surface area contributed by atoms with Crippen LogP contribution in [-0.2, 0) is 4.79 Å². The van der Waals surface area contributed by atoms with E-state index in [0.29, 0.717) is 15.1 Å². The molecule has 0 saturated heterocycles. The SMILES string of the molecule is C[C@H]([NH2+]CC(=O)Nc1cc(Cl)ccc1[N+](=O)[O-])c1ccc(Cl)cc1Cl. The van der Waals surface area contributed by atoms with Crippen molar-refractivity contribution in [3.8, 4) is 0 Å². The Morgan fingerprint density at radius 2 is 1.84 bits per heavy atom. The first-order valence-electron chi connectivity index (χ1n) is 7.30. The van der Waals surface area contributed by atoms with Gasteiger partial charge in [0.2, 0.25) is 0 Å². The van der Waals surface area contributed by atoms with E-state index in [1.807, 2.05) is 6.92 Å². The molecule has 0 heterocycles. The number of halogens is 3. The van der Waals surface area contributed by atoms with Crippen LogP contribution in [0.4, 0.5) is 11.4 Å². The molecule has 0 unspecified atom stereocenters. The molecular weight excluding hydrogens is 389 g/mol. The van der Waals surface area contributed by atoms with E-state index in [9.17, 15) is 14.9 Å². The van der Waals surface area contributed by atoms with Crippen LogP contribution in [0.25, 0.3) is 0 Å². The molecule has 0 spiro atoms. The molecule has 0 aliphatic heterocycles. The van der Waals surface area contributed by atoms with E-state index in [4.69, 9.17) is 34.8 Å². The Morgan fingerprint density at radius 3 is 2.48 bits per heavy atom. The number of carbonyl (C=O) groups excluding carboxylic acids is 1. The number of amides is 1. The van der Waals surface area contributed by atoms with Crippen molar-refractivity contribution in [3.05, 3.63) is 67.1 Å². The molecule has 0 aliphatic rings. The smallest absolute Gasteiger partial charge is 0.292 e. The van der Waals surface area contributed by atoms with E-state index in [2.05, 4.69) is 5.32 Å². The summed E-state index contributed by atoms with van der Waals surface area (Å²) in [4.78, 5) is 22.5. The monoisotopic (exact) mass is 402 g/mol. The molecular formula is C16H15Cl3N3O3+. The Bertz CT molecular complexity index is 814. The quantitative estimate of drug-likeness (QED) is 0.567. The van der Waals surface area contributed by atoms with Gasteiger partial charge in [0.1, 0.15) is 11.7 Å². The molecule has 0 aliphatic carbocycles. The van der Waals surface area contributed by atoms with Gasteiger partial charge in [0, 0.05) is 21.7 Å². The van der Waals surface area contributed by atoms with Crippen LogP contribution in [0.2, 0.25) is 15.1 Å². The number of nitro groups is 1. The van der Waals surface area contributed by atoms with Crippen molar-refractivity contribution >= 4 is 52.1 Å². The van der Waals surface area contributed by atoms with Gasteiger partial charge in [-0.05, 0) is 31.2 Å². The molecule has 2 rings (SSSR count). The van der Waals surface area contributed by atoms with E-state index in [0.717, 1.165) is 5.56 Å². The Labute approximate surface area is 159 Å². The van der Waals surface area contributed by atoms with Gasteiger partial charge in [0.15, 0.2) is 6.54 Å². The fourth-order valence-electron chi connectivity index (χ4n) is 2.25. The van der Waals surface area contributed by atoms with Crippen LogP contribution in [0, 0.1) is 10.1 Å². The Hall–Kier alpha value is -1.86. The van der Waals surface area contributed by atoms with Crippen molar-refractivity contribution in [2.24, 2.45) is 0 Å². The summed E-state index contributed by atoms with van der Waals surface area (Å²) < 4.78 is 0. The summed E-state index contributed by atoms with van der Waals surface area (Å²) in [6, 6.07) is 9.05. The number of quaternary nitrogens is 1. The molecule has 1 atom stereocenters. The first-order valence-corrected chi connectivity index (χ1v) is 8.43. The number of hydrogen-bond donors (Lipinski definition) is 2. The molecule has 2 aromatic rings. The van der Waals surface area contributed by atoms with Gasteiger partial charge in [-0.3, -0.25) is 14.9 Å². The highest BCUT2D eigenvalue weighted by atomic mass is 35.5. The van der Waals surface area contributed by atoms with Gasteiger partial charge < -0.3 is 10.6 Å². The highest BCUT2D eigenvalue weighted by Crippen LogP contribution is 2.27. The van der Waals surface area contributed by atoms with Gasteiger partial charge in [0.25, 0.3) is 11.6 Å². The maximum absolute atomic E-state index is 12.1. The molecule has 0 aromatic heterocycles. The average molecular weight is 404 g/mol. The van der Waals surface area contributed by atoms with E-state index in [-0.39, 0.29) is 29.9 Å². The average Bonchev–Trinajstić information content (AvgIpc) is 2.52. The maximum atomic E-state index is 12.1. The lowest BCUT2D eigenvalue weighted by Gasteiger charge is -2.13. The summed E-state index contributed by atoms with van der Waals surface area (Å²) >= 11 is 17.9. The molecule has 2 aromatic carbocycles. The lowest BCUT2D eigenvalue weighted by Crippen LogP contribution is -2.86. The topological polar surface area (TPSA) is 88.8 Å². The van der Waals surface area contributed by atoms with Crippen LogP contribution in [0.3, 0.4) is 0 Å². The van der Waals surface area contributed by atoms with Gasteiger partial charge >= 0.3 is 0 Å². The molecule has 0 bridgehead atoms. The molecule has 1 amide bonds. The fourth-order valence-corrected chi connectivity index (χ4v) is 3.00. The molecule has 0 saturated carbocycles. The van der Waals surface area contributed by atoms with Crippen molar-refractivity contribution in [3.63, 3.8) is 0 Å². The summed E-state index contributed by atoms with van der Waals surface area (Å²) in [7, 11) is 0. The lowest BCUT2D eigenvalue weighted by molar-refractivity contribution is -0.682. The van der Waals surface area contributed by atoms with E-state index in [1.165, 1.54) is 18.2 Å². The first-order chi connectivity index (χ1) is 11.8. The molecule has 9 heteroatoms. The predicted octanol–water partition coefficient (Wildman–Crippen LogP) is 3.82. The van der Waals surface area contributed by atoms with Gasteiger partial charge in [-0.1, -0.05) is 40.9 Å². The second-order valence-electron chi connectivity index (χ2n) is 5.36. The minimum atomic E-state index is -0.578. The highest BCUT2D eigenvalue weighted by molar-refractivity contribution is 6.35. The van der Waals surface area contributed by atoms with Crippen LogP contribution in [0.1, 0.15) is 18.5 Å². The molecule has 132 valence electrons. The summed E-state index contributed by atoms with van der Waals surface area (Å²) in [5.74, 6) is -0.387. The summed E-state index contributed by atoms with van der Waals surface area (Å²) in [6.45, 7) is 1.95. The third-order valence-electron chi connectivity index (χ3n) is 3.54.